The molecule has 0 radical (unpaired) electrons. The zero-order valence-electron chi connectivity index (χ0n) is 14.1. The minimum atomic E-state index is -0.274. The van der Waals surface area contributed by atoms with Gasteiger partial charge in [0.1, 0.15) is 11.9 Å². The first-order valence-corrected chi connectivity index (χ1v) is 8.47. The largest absolute Gasteiger partial charge is 0.365 e. The number of rotatable bonds is 3. The maximum Gasteiger partial charge on any atom is 0.280 e. The van der Waals surface area contributed by atoms with E-state index >= 15 is 0 Å². The lowest BCUT2D eigenvalue weighted by molar-refractivity contribution is -0.00120. The number of hydrogen-bond donors (Lipinski definition) is 0. The lowest BCUT2D eigenvalue weighted by atomic mass is 10.1. The zero-order chi connectivity index (χ0) is 18.2. The van der Waals surface area contributed by atoms with E-state index in [0.717, 1.165) is 16.8 Å². The normalized spacial score (nSPS) is 16.3. The second-order valence-corrected chi connectivity index (χ2v) is 6.21. The van der Waals surface area contributed by atoms with Crippen molar-refractivity contribution in [3.63, 3.8) is 0 Å². The Hall–Kier alpha value is -3.39. The van der Waals surface area contributed by atoms with Crippen LogP contribution in [0.4, 0.5) is 4.39 Å². The van der Waals surface area contributed by atoms with Gasteiger partial charge in [0.15, 0.2) is 5.69 Å². The van der Waals surface area contributed by atoms with Gasteiger partial charge in [0, 0.05) is 5.56 Å². The number of hydrogen-bond acceptors (Lipinski definition) is 6. The van der Waals surface area contributed by atoms with E-state index in [1.807, 2.05) is 30.3 Å². The van der Waals surface area contributed by atoms with Crippen LogP contribution in [0.15, 0.2) is 59.1 Å². The third-order valence-electron chi connectivity index (χ3n) is 4.50. The second-order valence-electron chi connectivity index (χ2n) is 6.21. The molecule has 27 heavy (non-hydrogen) atoms. The van der Waals surface area contributed by atoms with Gasteiger partial charge in [-0.15, -0.1) is 5.10 Å². The van der Waals surface area contributed by atoms with Crippen molar-refractivity contribution < 1.29 is 13.7 Å². The van der Waals surface area contributed by atoms with E-state index in [-0.39, 0.29) is 11.9 Å². The Labute approximate surface area is 153 Å². The first kappa shape index (κ1) is 15.8. The molecule has 1 aliphatic heterocycles. The van der Waals surface area contributed by atoms with Gasteiger partial charge in [-0.05, 0) is 17.7 Å². The van der Waals surface area contributed by atoms with Gasteiger partial charge in [-0.2, -0.15) is 4.98 Å². The summed E-state index contributed by atoms with van der Waals surface area (Å²) >= 11 is 0. The van der Waals surface area contributed by atoms with Crippen molar-refractivity contribution in [2.24, 2.45) is 0 Å². The molecule has 0 spiro atoms. The van der Waals surface area contributed by atoms with Crippen LogP contribution >= 0.6 is 0 Å². The molecule has 1 aliphatic rings. The van der Waals surface area contributed by atoms with Gasteiger partial charge in [-0.1, -0.05) is 52.8 Å². The SMILES string of the molecule is Fc1ccc([C@H]2Cn3nnc(-c4nc(-c5ccccc5)no4)c3CO2)cc1. The molecule has 2 aromatic heterocycles. The van der Waals surface area contributed by atoms with Crippen LogP contribution in [0, 0.1) is 5.82 Å². The monoisotopic (exact) mass is 363 g/mol. The predicted molar refractivity (Wildman–Crippen MR) is 92.7 cm³/mol. The first-order valence-electron chi connectivity index (χ1n) is 8.47. The maximum atomic E-state index is 13.1. The van der Waals surface area contributed by atoms with Crippen LogP contribution in [-0.4, -0.2) is 25.1 Å². The number of fused-ring (bicyclic) bond motifs is 1. The quantitative estimate of drug-likeness (QED) is 0.555. The van der Waals surface area contributed by atoms with Crippen molar-refractivity contribution in [3.05, 3.63) is 71.7 Å². The highest BCUT2D eigenvalue weighted by Crippen LogP contribution is 2.30. The van der Waals surface area contributed by atoms with Crippen molar-refractivity contribution in [2.75, 3.05) is 0 Å². The van der Waals surface area contributed by atoms with Crippen LogP contribution < -0.4 is 0 Å². The van der Waals surface area contributed by atoms with Gasteiger partial charge >= 0.3 is 0 Å². The molecule has 0 saturated heterocycles. The Morgan fingerprint density at radius 2 is 1.85 bits per heavy atom. The molecule has 0 unspecified atom stereocenters. The van der Waals surface area contributed by atoms with Crippen LogP contribution in [0.5, 0.6) is 0 Å². The summed E-state index contributed by atoms with van der Waals surface area (Å²) in [6.07, 6.45) is -0.213. The van der Waals surface area contributed by atoms with Crippen LogP contribution in [0.1, 0.15) is 17.4 Å². The summed E-state index contributed by atoms with van der Waals surface area (Å²) in [6, 6.07) is 15.8. The van der Waals surface area contributed by atoms with Crippen LogP contribution in [0.3, 0.4) is 0 Å². The molecule has 2 aromatic carbocycles. The van der Waals surface area contributed by atoms with E-state index in [0.29, 0.717) is 30.6 Å². The Morgan fingerprint density at radius 1 is 1.04 bits per heavy atom. The van der Waals surface area contributed by atoms with Gasteiger partial charge in [-0.3, -0.25) is 0 Å². The topological polar surface area (TPSA) is 78.9 Å². The Kier molecular flexibility index (Phi) is 3.75. The molecule has 1 atom stereocenters. The molecule has 0 aliphatic carbocycles. The van der Waals surface area contributed by atoms with E-state index in [1.54, 1.807) is 16.8 Å². The molecular weight excluding hydrogens is 349 g/mol. The molecule has 7 nitrogen and oxygen atoms in total. The molecule has 0 saturated carbocycles. The molecule has 0 fully saturated rings. The smallest absolute Gasteiger partial charge is 0.280 e. The molecule has 0 amide bonds. The summed E-state index contributed by atoms with van der Waals surface area (Å²) < 4.78 is 26.2. The number of halogens is 1. The van der Waals surface area contributed by atoms with E-state index in [1.165, 1.54) is 12.1 Å². The zero-order valence-corrected chi connectivity index (χ0v) is 14.1. The lowest BCUT2D eigenvalue weighted by Gasteiger charge is -2.24. The second kappa shape index (κ2) is 6.40. The van der Waals surface area contributed by atoms with Gasteiger partial charge in [0.2, 0.25) is 5.82 Å². The van der Waals surface area contributed by atoms with Crippen molar-refractivity contribution in [2.45, 2.75) is 19.3 Å². The minimum absolute atomic E-state index is 0.213. The van der Waals surface area contributed by atoms with Crippen molar-refractivity contribution in [1.82, 2.24) is 25.1 Å². The molecule has 5 rings (SSSR count). The van der Waals surface area contributed by atoms with Gasteiger partial charge in [0.25, 0.3) is 5.89 Å². The van der Waals surface area contributed by atoms with Crippen LogP contribution in [-0.2, 0) is 17.9 Å². The third kappa shape index (κ3) is 2.89. The van der Waals surface area contributed by atoms with Crippen molar-refractivity contribution in [3.8, 4) is 23.0 Å². The first-order chi connectivity index (χ1) is 13.3. The Balaban J connectivity index is 1.42. The van der Waals surface area contributed by atoms with E-state index < -0.39 is 0 Å². The molecule has 4 aromatic rings. The minimum Gasteiger partial charge on any atom is -0.365 e. The number of aromatic nitrogens is 5. The molecule has 8 heteroatoms. The van der Waals surface area contributed by atoms with Crippen LogP contribution in [0.25, 0.3) is 23.0 Å². The maximum absolute atomic E-state index is 13.1. The van der Waals surface area contributed by atoms with Gasteiger partial charge < -0.3 is 9.26 Å². The Bertz CT molecular complexity index is 1080. The molecule has 134 valence electrons. The fourth-order valence-electron chi connectivity index (χ4n) is 3.08. The van der Waals surface area contributed by atoms with E-state index in [9.17, 15) is 4.39 Å². The molecule has 3 heterocycles. The average Bonchev–Trinajstić information content (AvgIpc) is 3.36. The lowest BCUT2D eigenvalue weighted by Crippen LogP contribution is -2.22. The van der Waals surface area contributed by atoms with E-state index in [2.05, 4.69) is 20.5 Å². The van der Waals surface area contributed by atoms with Crippen molar-refractivity contribution in [1.29, 1.82) is 0 Å². The predicted octanol–water partition coefficient (Wildman–Crippen LogP) is 3.41. The fraction of sp³-hybridized carbons (Fsp3) is 0.158. The Morgan fingerprint density at radius 3 is 2.67 bits per heavy atom. The number of ether oxygens (including phenoxy) is 1. The summed E-state index contributed by atoms with van der Waals surface area (Å²) in [5.74, 6) is 0.524. The summed E-state index contributed by atoms with van der Waals surface area (Å²) in [4.78, 5) is 4.43. The standard InChI is InChI=1S/C19H14FN5O2/c20-14-8-6-12(7-9-14)16-10-25-15(11-26-16)17(22-24-25)19-21-18(23-27-19)13-4-2-1-3-5-13/h1-9,16H,10-11H2/t16-/m1/s1. The average molecular weight is 363 g/mol. The molecule has 0 N–H and O–H groups in total. The molecule has 0 bridgehead atoms. The summed E-state index contributed by atoms with van der Waals surface area (Å²) in [5, 5.41) is 12.4. The van der Waals surface area contributed by atoms with E-state index in [4.69, 9.17) is 9.26 Å². The van der Waals surface area contributed by atoms with Gasteiger partial charge in [0.05, 0.1) is 18.8 Å². The fourth-order valence-corrected chi connectivity index (χ4v) is 3.08. The number of nitrogens with zero attached hydrogens (tertiary/aromatic N) is 5. The third-order valence-corrected chi connectivity index (χ3v) is 4.50. The summed E-state index contributed by atoms with van der Waals surface area (Å²) in [7, 11) is 0. The molecular formula is C19H14FN5O2. The van der Waals surface area contributed by atoms with Crippen LogP contribution in [0.2, 0.25) is 0 Å². The highest BCUT2D eigenvalue weighted by molar-refractivity contribution is 5.58. The highest BCUT2D eigenvalue weighted by atomic mass is 19.1. The summed E-state index contributed by atoms with van der Waals surface area (Å²) in [5.41, 5.74) is 3.04. The number of benzene rings is 2. The van der Waals surface area contributed by atoms with Gasteiger partial charge in [-0.25, -0.2) is 9.07 Å². The van der Waals surface area contributed by atoms with Crippen molar-refractivity contribution >= 4 is 0 Å². The highest BCUT2D eigenvalue weighted by Gasteiger charge is 2.28. The summed E-state index contributed by atoms with van der Waals surface area (Å²) in [6.45, 7) is 0.779.